The van der Waals surface area contributed by atoms with Crippen LogP contribution in [-0.2, 0) is 14.3 Å². The maximum atomic E-state index is 15.6. The molecule has 1 aromatic heterocycles. The Kier molecular flexibility index (Phi) is 6.63. The van der Waals surface area contributed by atoms with E-state index in [-0.39, 0.29) is 54.7 Å². The largest absolute Gasteiger partial charge is 0.492 e. The summed E-state index contributed by atoms with van der Waals surface area (Å²) in [7, 11) is 2.61. The van der Waals surface area contributed by atoms with Gasteiger partial charge in [0.05, 0.1) is 38.3 Å². The highest BCUT2D eigenvalue weighted by atomic mass is 19.1. The molecule has 0 radical (unpaired) electrons. The number of fused-ring (bicyclic) bond motifs is 1. The third-order valence-electron chi connectivity index (χ3n) is 5.84. The molecule has 1 amide bonds. The molecule has 1 saturated carbocycles. The average molecular weight is 492 g/mol. The summed E-state index contributed by atoms with van der Waals surface area (Å²) < 4.78 is 33.2. The van der Waals surface area contributed by atoms with Gasteiger partial charge in [-0.05, 0) is 39.7 Å². The van der Waals surface area contributed by atoms with E-state index in [4.69, 9.17) is 19.0 Å². The van der Waals surface area contributed by atoms with E-state index >= 15 is 4.39 Å². The minimum absolute atomic E-state index is 0.0411. The molecule has 2 fully saturated rings. The van der Waals surface area contributed by atoms with Gasteiger partial charge in [-0.3, -0.25) is 9.63 Å². The summed E-state index contributed by atoms with van der Waals surface area (Å²) >= 11 is 0. The zero-order chi connectivity index (χ0) is 25.5. The monoisotopic (exact) mass is 491 g/mol. The van der Waals surface area contributed by atoms with Crippen molar-refractivity contribution in [3.8, 4) is 5.75 Å². The number of carbonyl (C=O) groups is 2. The molecule has 1 aliphatic heterocycles. The first kappa shape index (κ1) is 24.8. The highest BCUT2D eigenvalue weighted by Crippen LogP contribution is 2.43. The molecule has 10 nitrogen and oxygen atoms in total. The number of hydrogen-bond acceptors (Lipinski definition) is 8. The molecule has 0 spiro atoms. The minimum Gasteiger partial charge on any atom is -0.492 e. The number of ether oxygens (including phenoxy) is 3. The van der Waals surface area contributed by atoms with Crippen molar-refractivity contribution in [3.05, 3.63) is 33.9 Å². The molecule has 2 heterocycles. The van der Waals surface area contributed by atoms with E-state index in [0.29, 0.717) is 5.52 Å². The van der Waals surface area contributed by atoms with Crippen molar-refractivity contribution < 1.29 is 33.0 Å². The van der Waals surface area contributed by atoms with Gasteiger partial charge in [0, 0.05) is 25.3 Å². The summed E-state index contributed by atoms with van der Waals surface area (Å²) in [5, 5.41) is 1.17. The van der Waals surface area contributed by atoms with Crippen LogP contribution in [0.5, 0.6) is 5.75 Å². The topological polar surface area (TPSA) is 99.5 Å². The zero-order valence-electron chi connectivity index (χ0n) is 20.6. The van der Waals surface area contributed by atoms with Crippen molar-refractivity contribution in [2.24, 2.45) is 0 Å². The predicted octanol–water partition coefficient (Wildman–Crippen LogP) is 3.26. The van der Waals surface area contributed by atoms with Crippen molar-refractivity contribution in [2.45, 2.75) is 45.3 Å². The number of aromatic nitrogens is 1. The second kappa shape index (κ2) is 9.37. The van der Waals surface area contributed by atoms with Crippen LogP contribution in [0.2, 0.25) is 0 Å². The van der Waals surface area contributed by atoms with E-state index in [1.165, 1.54) is 20.4 Å². The number of hydrogen-bond donors (Lipinski definition) is 0. The predicted molar refractivity (Wildman–Crippen MR) is 125 cm³/mol. The standard InChI is InChI=1S/C24H30FN3O7/c1-24(2,3)35-23(31)28-9-8-26(10-11-34-28)19-17(25)12-15-18(21(19)32-4)27(14-6-7-14)13-16(20(15)29)22(30)33-5/h12-14H,6-11H2,1-5H3. The van der Waals surface area contributed by atoms with Crippen LogP contribution in [0.3, 0.4) is 0 Å². The number of nitrogens with zero attached hydrogens (tertiary/aromatic N) is 3. The van der Waals surface area contributed by atoms with Gasteiger partial charge in [-0.15, -0.1) is 0 Å². The number of hydroxylamine groups is 2. The van der Waals surface area contributed by atoms with Crippen molar-refractivity contribution in [1.29, 1.82) is 0 Å². The molecule has 0 atom stereocenters. The van der Waals surface area contributed by atoms with Gasteiger partial charge < -0.3 is 23.7 Å². The van der Waals surface area contributed by atoms with E-state index in [1.807, 2.05) is 0 Å². The molecule has 11 heteroatoms. The van der Waals surface area contributed by atoms with Gasteiger partial charge in [-0.1, -0.05) is 0 Å². The Bertz CT molecular complexity index is 1220. The Morgan fingerprint density at radius 2 is 1.86 bits per heavy atom. The molecule has 1 aromatic carbocycles. The summed E-state index contributed by atoms with van der Waals surface area (Å²) in [6, 6.07) is 1.20. The lowest BCUT2D eigenvalue weighted by Crippen LogP contribution is -2.38. The zero-order valence-corrected chi connectivity index (χ0v) is 20.6. The van der Waals surface area contributed by atoms with E-state index in [0.717, 1.165) is 24.0 Å². The van der Waals surface area contributed by atoms with E-state index in [2.05, 4.69) is 0 Å². The summed E-state index contributed by atoms with van der Waals surface area (Å²) in [5.41, 5.74) is -0.886. The summed E-state index contributed by atoms with van der Waals surface area (Å²) in [5.74, 6) is -1.27. The van der Waals surface area contributed by atoms with Crippen LogP contribution in [0.25, 0.3) is 10.9 Å². The number of pyridine rings is 1. The fraction of sp³-hybridized carbons (Fsp3) is 0.542. The number of halogens is 1. The first-order valence-electron chi connectivity index (χ1n) is 11.5. The van der Waals surface area contributed by atoms with Crippen LogP contribution in [0, 0.1) is 5.82 Å². The maximum Gasteiger partial charge on any atom is 0.434 e. The Morgan fingerprint density at radius 3 is 2.46 bits per heavy atom. The lowest BCUT2D eigenvalue weighted by molar-refractivity contribution is -0.137. The highest BCUT2D eigenvalue weighted by Gasteiger charge is 2.33. The molecule has 0 unspecified atom stereocenters. The van der Waals surface area contributed by atoms with Gasteiger partial charge in [0.1, 0.15) is 16.9 Å². The molecule has 0 bridgehead atoms. The van der Waals surface area contributed by atoms with Crippen LogP contribution in [-0.4, -0.2) is 67.8 Å². The molecule has 2 aliphatic rings. The van der Waals surface area contributed by atoms with Gasteiger partial charge in [-0.2, -0.15) is 5.06 Å². The van der Waals surface area contributed by atoms with Crippen LogP contribution in [0.4, 0.5) is 14.9 Å². The third-order valence-corrected chi connectivity index (χ3v) is 5.84. The van der Waals surface area contributed by atoms with Gasteiger partial charge >= 0.3 is 12.1 Å². The number of rotatable bonds is 4. The fourth-order valence-electron chi connectivity index (χ4n) is 4.16. The highest BCUT2D eigenvalue weighted by molar-refractivity contribution is 5.97. The minimum atomic E-state index is -0.776. The molecular weight excluding hydrogens is 461 g/mol. The first-order chi connectivity index (χ1) is 16.6. The normalized spacial score (nSPS) is 16.7. The van der Waals surface area contributed by atoms with Gasteiger partial charge in [0.15, 0.2) is 11.6 Å². The Balaban J connectivity index is 1.77. The number of anilines is 1. The second-order valence-electron chi connectivity index (χ2n) is 9.54. The van der Waals surface area contributed by atoms with Gasteiger partial charge in [0.2, 0.25) is 5.43 Å². The number of methoxy groups -OCH3 is 2. The number of esters is 1. The third kappa shape index (κ3) is 4.90. The van der Waals surface area contributed by atoms with E-state index in [1.54, 1.807) is 30.2 Å². The molecule has 2 aromatic rings. The molecule has 1 saturated heterocycles. The van der Waals surface area contributed by atoms with Crippen LogP contribution in [0.15, 0.2) is 17.1 Å². The summed E-state index contributed by atoms with van der Waals surface area (Å²) in [6.45, 7) is 6.03. The number of benzene rings is 1. The Morgan fingerprint density at radius 1 is 1.14 bits per heavy atom. The SMILES string of the molecule is COC(=O)c1cn(C2CC2)c2c(OC)c(N3CCON(C(=O)OC(C)(C)C)CC3)c(F)cc2c1=O. The lowest BCUT2D eigenvalue weighted by atomic mass is 10.1. The molecular formula is C24H30FN3O7. The molecule has 4 rings (SSSR count). The summed E-state index contributed by atoms with van der Waals surface area (Å²) in [4.78, 5) is 45.0. The van der Waals surface area contributed by atoms with Crippen molar-refractivity contribution in [1.82, 2.24) is 9.63 Å². The van der Waals surface area contributed by atoms with Crippen LogP contribution >= 0.6 is 0 Å². The van der Waals surface area contributed by atoms with Crippen molar-refractivity contribution in [3.63, 3.8) is 0 Å². The van der Waals surface area contributed by atoms with Crippen LogP contribution in [0.1, 0.15) is 50.0 Å². The number of amides is 1. The molecule has 190 valence electrons. The van der Waals surface area contributed by atoms with Crippen molar-refractivity contribution in [2.75, 3.05) is 45.4 Å². The van der Waals surface area contributed by atoms with Gasteiger partial charge in [-0.25, -0.2) is 14.0 Å². The quantitative estimate of drug-likeness (QED) is 0.601. The summed E-state index contributed by atoms with van der Waals surface area (Å²) in [6.07, 6.45) is 2.56. The molecule has 35 heavy (non-hydrogen) atoms. The van der Waals surface area contributed by atoms with Gasteiger partial charge in [0.25, 0.3) is 0 Å². The molecule has 1 aliphatic carbocycles. The van der Waals surface area contributed by atoms with Crippen LogP contribution < -0.4 is 15.1 Å². The second-order valence-corrected chi connectivity index (χ2v) is 9.54. The average Bonchev–Trinajstić information content (AvgIpc) is 3.64. The van der Waals surface area contributed by atoms with E-state index in [9.17, 15) is 14.4 Å². The molecule has 0 N–H and O–H groups in total. The number of carbonyl (C=O) groups excluding carboxylic acids is 2. The Hall–Kier alpha value is -3.34. The first-order valence-corrected chi connectivity index (χ1v) is 11.5. The smallest absolute Gasteiger partial charge is 0.434 e. The maximum absolute atomic E-state index is 15.6. The lowest BCUT2D eigenvalue weighted by Gasteiger charge is -2.27. The fourth-order valence-corrected chi connectivity index (χ4v) is 4.16. The van der Waals surface area contributed by atoms with Crippen molar-refractivity contribution >= 4 is 28.7 Å². The van der Waals surface area contributed by atoms with E-state index < -0.39 is 28.9 Å². The Labute approximate surface area is 202 Å².